The van der Waals surface area contributed by atoms with Gasteiger partial charge < -0.3 is 14.6 Å². The third kappa shape index (κ3) is 4.04. The minimum absolute atomic E-state index is 0.285. The van der Waals surface area contributed by atoms with Crippen LogP contribution in [0, 0.1) is 0 Å². The summed E-state index contributed by atoms with van der Waals surface area (Å²) in [4.78, 5) is 8.83. The van der Waals surface area contributed by atoms with Crippen LogP contribution in [0.1, 0.15) is 17.6 Å². The lowest BCUT2D eigenvalue weighted by atomic mass is 10.1. The van der Waals surface area contributed by atoms with E-state index < -0.39 is 6.10 Å². The molecule has 1 N–H and O–H groups in total. The molecule has 0 radical (unpaired) electrons. The van der Waals surface area contributed by atoms with E-state index in [0.717, 1.165) is 11.1 Å². The Bertz CT molecular complexity index is 1120. The average molecular weight is 427 g/mol. The van der Waals surface area contributed by atoms with E-state index in [0.29, 0.717) is 27.4 Å². The lowest BCUT2D eigenvalue weighted by Crippen LogP contribution is -2.10. The molecule has 0 aliphatic heterocycles. The van der Waals surface area contributed by atoms with E-state index in [4.69, 9.17) is 32.5 Å². The van der Waals surface area contributed by atoms with Crippen molar-refractivity contribution in [2.45, 2.75) is 6.10 Å². The highest BCUT2D eigenvalue weighted by Crippen LogP contribution is 2.36. The zero-order valence-corrected chi connectivity index (χ0v) is 16.9. The predicted octanol–water partition coefficient (Wildman–Crippen LogP) is 5.65. The SMILES string of the molecule is CNc1ncccc1-c1noc(C(Oc2cccc(Cl)c2Cl)c2ccccc2)n1. The number of nitrogens with zero attached hydrogens (tertiary/aromatic N) is 3. The molecule has 0 aliphatic carbocycles. The van der Waals surface area contributed by atoms with E-state index in [-0.39, 0.29) is 5.89 Å². The van der Waals surface area contributed by atoms with E-state index in [2.05, 4.69) is 20.4 Å². The summed E-state index contributed by atoms with van der Waals surface area (Å²) >= 11 is 12.4. The number of benzene rings is 2. The lowest BCUT2D eigenvalue weighted by Gasteiger charge is -2.17. The second-order valence-electron chi connectivity index (χ2n) is 6.07. The van der Waals surface area contributed by atoms with Crippen LogP contribution in [0.2, 0.25) is 10.0 Å². The summed E-state index contributed by atoms with van der Waals surface area (Å²) in [6, 6.07) is 18.4. The Labute approximate surface area is 177 Å². The molecule has 1 atom stereocenters. The summed E-state index contributed by atoms with van der Waals surface area (Å²) in [5.41, 5.74) is 1.55. The Morgan fingerprint density at radius 1 is 1.00 bits per heavy atom. The molecule has 0 fully saturated rings. The zero-order valence-electron chi connectivity index (χ0n) is 15.3. The molecule has 2 aromatic carbocycles. The largest absolute Gasteiger partial charge is 0.474 e. The van der Waals surface area contributed by atoms with Gasteiger partial charge >= 0.3 is 0 Å². The van der Waals surface area contributed by atoms with Crippen LogP contribution in [-0.2, 0) is 0 Å². The molecule has 0 saturated carbocycles. The highest BCUT2D eigenvalue weighted by Gasteiger charge is 2.25. The molecule has 146 valence electrons. The molecule has 4 rings (SSSR count). The molecule has 0 spiro atoms. The van der Waals surface area contributed by atoms with Gasteiger partial charge in [0, 0.05) is 18.8 Å². The smallest absolute Gasteiger partial charge is 0.272 e. The van der Waals surface area contributed by atoms with Gasteiger partial charge in [0.2, 0.25) is 11.9 Å². The molecule has 0 saturated heterocycles. The van der Waals surface area contributed by atoms with Gasteiger partial charge in [0.1, 0.15) is 16.6 Å². The Balaban J connectivity index is 1.75. The standard InChI is InChI=1S/C21H16Cl2N4O2/c1-24-19-14(9-6-12-25-19)20-26-21(29-27-20)18(13-7-3-2-4-8-13)28-16-11-5-10-15(22)17(16)23/h2-12,18H,1H3,(H,24,25). The van der Waals surface area contributed by atoms with E-state index in [1.807, 2.05) is 42.5 Å². The summed E-state index contributed by atoms with van der Waals surface area (Å²) in [6.45, 7) is 0. The Hall–Kier alpha value is -3.09. The Morgan fingerprint density at radius 3 is 2.62 bits per heavy atom. The third-order valence-corrected chi connectivity index (χ3v) is 5.02. The van der Waals surface area contributed by atoms with E-state index >= 15 is 0 Å². The molecule has 0 amide bonds. The molecule has 0 aliphatic rings. The van der Waals surface area contributed by atoms with Gasteiger partial charge in [0.15, 0.2) is 0 Å². The fourth-order valence-corrected chi connectivity index (χ4v) is 3.16. The number of anilines is 1. The molecule has 4 aromatic rings. The van der Waals surface area contributed by atoms with Gasteiger partial charge in [-0.2, -0.15) is 4.98 Å². The highest BCUT2D eigenvalue weighted by atomic mass is 35.5. The van der Waals surface area contributed by atoms with Crippen LogP contribution in [0.5, 0.6) is 5.75 Å². The van der Waals surface area contributed by atoms with Crippen molar-refractivity contribution in [3.63, 3.8) is 0 Å². The van der Waals surface area contributed by atoms with Crippen molar-refractivity contribution in [3.8, 4) is 17.1 Å². The summed E-state index contributed by atoms with van der Waals surface area (Å²) in [6.07, 6.45) is 1.02. The van der Waals surface area contributed by atoms with Crippen molar-refractivity contribution in [2.24, 2.45) is 0 Å². The number of aromatic nitrogens is 3. The highest BCUT2D eigenvalue weighted by molar-refractivity contribution is 6.42. The van der Waals surface area contributed by atoms with Gasteiger partial charge in [-0.3, -0.25) is 0 Å². The molecule has 6 nitrogen and oxygen atoms in total. The van der Waals surface area contributed by atoms with Gasteiger partial charge in [-0.05, 0) is 24.3 Å². The van der Waals surface area contributed by atoms with Gasteiger partial charge in [0.05, 0.1) is 10.6 Å². The number of hydrogen-bond acceptors (Lipinski definition) is 6. The van der Waals surface area contributed by atoms with Crippen LogP contribution in [0.3, 0.4) is 0 Å². The number of halogens is 2. The topological polar surface area (TPSA) is 73.1 Å². The zero-order chi connectivity index (χ0) is 20.2. The Morgan fingerprint density at radius 2 is 1.83 bits per heavy atom. The fraction of sp³-hybridized carbons (Fsp3) is 0.0952. The third-order valence-electron chi connectivity index (χ3n) is 4.21. The Kier molecular flexibility index (Phi) is 5.64. The van der Waals surface area contributed by atoms with Crippen LogP contribution >= 0.6 is 23.2 Å². The maximum absolute atomic E-state index is 6.31. The first kappa shape index (κ1) is 19.2. The van der Waals surface area contributed by atoms with Crippen LogP contribution in [0.25, 0.3) is 11.4 Å². The first-order valence-corrected chi connectivity index (χ1v) is 9.55. The van der Waals surface area contributed by atoms with Crippen molar-refractivity contribution in [3.05, 3.63) is 88.4 Å². The summed E-state index contributed by atoms with van der Waals surface area (Å²) in [5, 5.41) is 7.86. The minimum Gasteiger partial charge on any atom is -0.474 e. The maximum Gasteiger partial charge on any atom is 0.272 e. The van der Waals surface area contributed by atoms with Crippen molar-refractivity contribution in [1.82, 2.24) is 15.1 Å². The number of rotatable bonds is 6. The molecule has 29 heavy (non-hydrogen) atoms. The average Bonchev–Trinajstić information content (AvgIpc) is 3.25. The monoisotopic (exact) mass is 426 g/mol. The van der Waals surface area contributed by atoms with Crippen molar-refractivity contribution in [2.75, 3.05) is 12.4 Å². The van der Waals surface area contributed by atoms with Gasteiger partial charge in [-0.25, -0.2) is 4.98 Å². The van der Waals surface area contributed by atoms with Crippen molar-refractivity contribution >= 4 is 29.0 Å². The minimum atomic E-state index is -0.664. The van der Waals surface area contributed by atoms with Gasteiger partial charge in [-0.1, -0.05) is 64.8 Å². The lowest BCUT2D eigenvalue weighted by molar-refractivity contribution is 0.193. The number of hydrogen-bond donors (Lipinski definition) is 1. The molecule has 2 aromatic heterocycles. The van der Waals surface area contributed by atoms with Crippen LogP contribution in [-0.4, -0.2) is 22.2 Å². The number of ether oxygens (including phenoxy) is 1. The molecule has 1 unspecified atom stereocenters. The van der Waals surface area contributed by atoms with Crippen molar-refractivity contribution < 1.29 is 9.26 Å². The quantitative estimate of drug-likeness (QED) is 0.429. The fourth-order valence-electron chi connectivity index (χ4n) is 2.83. The second kappa shape index (κ2) is 8.51. The first-order chi connectivity index (χ1) is 14.2. The molecule has 2 heterocycles. The molecular weight excluding hydrogens is 411 g/mol. The van der Waals surface area contributed by atoms with E-state index in [1.54, 1.807) is 31.4 Å². The molecule has 8 heteroatoms. The molecule has 0 bridgehead atoms. The second-order valence-corrected chi connectivity index (χ2v) is 6.85. The molecular formula is C21H16Cl2N4O2. The normalized spacial score (nSPS) is 11.8. The first-order valence-electron chi connectivity index (χ1n) is 8.79. The summed E-state index contributed by atoms with van der Waals surface area (Å²) in [5.74, 6) is 1.76. The van der Waals surface area contributed by atoms with Crippen LogP contribution in [0.4, 0.5) is 5.82 Å². The van der Waals surface area contributed by atoms with Crippen LogP contribution in [0.15, 0.2) is 71.4 Å². The van der Waals surface area contributed by atoms with Crippen LogP contribution < -0.4 is 10.1 Å². The number of pyridine rings is 1. The summed E-state index contributed by atoms with van der Waals surface area (Å²) < 4.78 is 11.7. The van der Waals surface area contributed by atoms with Gasteiger partial charge in [-0.15, -0.1) is 0 Å². The summed E-state index contributed by atoms with van der Waals surface area (Å²) in [7, 11) is 1.78. The van der Waals surface area contributed by atoms with E-state index in [9.17, 15) is 0 Å². The van der Waals surface area contributed by atoms with E-state index in [1.165, 1.54) is 0 Å². The predicted molar refractivity (Wildman–Crippen MR) is 112 cm³/mol. The maximum atomic E-state index is 6.31. The van der Waals surface area contributed by atoms with Crippen molar-refractivity contribution in [1.29, 1.82) is 0 Å². The van der Waals surface area contributed by atoms with Gasteiger partial charge in [0.25, 0.3) is 5.89 Å². The number of nitrogens with one attached hydrogen (secondary N) is 1.